The molecule has 1 fully saturated rings. The third-order valence-corrected chi connectivity index (χ3v) is 5.38. The molecule has 0 bridgehead atoms. The van der Waals surface area contributed by atoms with E-state index >= 15 is 0 Å². The van der Waals surface area contributed by atoms with Crippen molar-refractivity contribution in [3.05, 3.63) is 0 Å². The van der Waals surface area contributed by atoms with Gasteiger partial charge in [0.05, 0.1) is 0 Å². The first-order valence-electron chi connectivity index (χ1n) is 9.59. The Hall–Kier alpha value is -0.0800. The molecule has 1 rings (SSSR count). The number of hydrogen-bond donors (Lipinski definition) is 1. The minimum absolute atomic E-state index is 0.737. The van der Waals surface area contributed by atoms with Gasteiger partial charge in [0.2, 0.25) is 0 Å². The van der Waals surface area contributed by atoms with Crippen LogP contribution < -0.4 is 5.32 Å². The number of hydrogen-bond acceptors (Lipinski definition) is 2. The van der Waals surface area contributed by atoms with Crippen LogP contribution in [0.25, 0.3) is 0 Å². The van der Waals surface area contributed by atoms with Gasteiger partial charge < -0.3 is 10.2 Å². The van der Waals surface area contributed by atoms with E-state index in [0.29, 0.717) is 0 Å². The van der Waals surface area contributed by atoms with Crippen LogP contribution in [-0.2, 0) is 0 Å². The van der Waals surface area contributed by atoms with Gasteiger partial charge in [0.1, 0.15) is 0 Å². The molecule has 0 aromatic carbocycles. The van der Waals surface area contributed by atoms with Gasteiger partial charge in [-0.15, -0.1) is 0 Å². The second-order valence-electron chi connectivity index (χ2n) is 7.34. The Bertz CT molecular complexity index is 252. The molecular weight excluding hydrogens is 256 g/mol. The van der Waals surface area contributed by atoms with E-state index < -0.39 is 0 Å². The summed E-state index contributed by atoms with van der Waals surface area (Å²) in [6, 6.07) is 1.50. The summed E-state index contributed by atoms with van der Waals surface area (Å²) in [4.78, 5) is 2.77. The van der Waals surface area contributed by atoms with E-state index in [1.165, 1.54) is 64.6 Å². The molecule has 1 aliphatic carbocycles. The monoisotopic (exact) mass is 296 g/mol. The van der Waals surface area contributed by atoms with E-state index in [4.69, 9.17) is 0 Å². The van der Waals surface area contributed by atoms with Crippen LogP contribution in [0.15, 0.2) is 0 Å². The molecule has 1 saturated carbocycles. The molecule has 0 aromatic heterocycles. The van der Waals surface area contributed by atoms with Gasteiger partial charge in [-0.2, -0.15) is 0 Å². The minimum Gasteiger partial charge on any atom is -0.314 e. The van der Waals surface area contributed by atoms with Crippen LogP contribution in [0, 0.1) is 11.8 Å². The molecule has 1 N–H and O–H groups in total. The van der Waals surface area contributed by atoms with Gasteiger partial charge in [-0.05, 0) is 70.4 Å². The summed E-state index contributed by atoms with van der Waals surface area (Å²) < 4.78 is 0. The fourth-order valence-electron chi connectivity index (χ4n) is 3.71. The summed E-state index contributed by atoms with van der Waals surface area (Å²) >= 11 is 0. The van der Waals surface area contributed by atoms with Gasteiger partial charge >= 0.3 is 0 Å². The lowest BCUT2D eigenvalue weighted by Crippen LogP contribution is -2.47. The highest BCUT2D eigenvalue weighted by Gasteiger charge is 2.30. The van der Waals surface area contributed by atoms with E-state index in [2.05, 4.69) is 44.8 Å². The highest BCUT2D eigenvalue weighted by atomic mass is 15.2. The fourth-order valence-corrected chi connectivity index (χ4v) is 3.71. The van der Waals surface area contributed by atoms with Crippen molar-refractivity contribution in [3.8, 4) is 0 Å². The van der Waals surface area contributed by atoms with Crippen molar-refractivity contribution in [3.63, 3.8) is 0 Å². The quantitative estimate of drug-likeness (QED) is 0.629. The summed E-state index contributed by atoms with van der Waals surface area (Å²) in [6.45, 7) is 15.6. The van der Waals surface area contributed by atoms with Crippen LogP contribution >= 0.6 is 0 Å². The lowest BCUT2D eigenvalue weighted by molar-refractivity contribution is 0.115. The van der Waals surface area contributed by atoms with Crippen LogP contribution in [-0.4, -0.2) is 36.6 Å². The molecule has 4 atom stereocenters. The maximum Gasteiger partial charge on any atom is 0.0108 e. The first kappa shape index (κ1) is 19.0. The zero-order chi connectivity index (χ0) is 15.7. The fraction of sp³-hybridized carbons (Fsp3) is 1.00. The molecule has 0 radical (unpaired) electrons. The van der Waals surface area contributed by atoms with Gasteiger partial charge in [0, 0.05) is 18.6 Å². The zero-order valence-electron chi connectivity index (χ0n) is 15.3. The molecule has 21 heavy (non-hydrogen) atoms. The van der Waals surface area contributed by atoms with E-state index in [1.54, 1.807) is 0 Å². The molecule has 2 heteroatoms. The van der Waals surface area contributed by atoms with Crippen molar-refractivity contribution in [2.45, 2.75) is 91.6 Å². The van der Waals surface area contributed by atoms with Crippen LogP contribution in [0.3, 0.4) is 0 Å². The van der Waals surface area contributed by atoms with Gasteiger partial charge in [0.15, 0.2) is 0 Å². The largest absolute Gasteiger partial charge is 0.314 e. The smallest absolute Gasteiger partial charge is 0.0108 e. The van der Waals surface area contributed by atoms with Crippen molar-refractivity contribution in [1.82, 2.24) is 10.2 Å². The Morgan fingerprint density at radius 1 is 1.14 bits per heavy atom. The number of nitrogens with zero attached hydrogens (tertiary/aromatic N) is 1. The molecule has 0 heterocycles. The van der Waals surface area contributed by atoms with Crippen LogP contribution in [0.4, 0.5) is 0 Å². The summed E-state index contributed by atoms with van der Waals surface area (Å²) in [7, 11) is 0. The second-order valence-corrected chi connectivity index (χ2v) is 7.34. The summed E-state index contributed by atoms with van der Waals surface area (Å²) in [6.07, 6.45) is 9.40. The minimum atomic E-state index is 0.737. The molecule has 1 aliphatic rings. The van der Waals surface area contributed by atoms with Gasteiger partial charge in [-0.1, -0.05) is 34.1 Å². The van der Waals surface area contributed by atoms with E-state index in [0.717, 1.165) is 23.9 Å². The van der Waals surface area contributed by atoms with Crippen molar-refractivity contribution in [2.24, 2.45) is 11.8 Å². The lowest BCUT2D eigenvalue weighted by atomic mass is 9.78. The predicted molar refractivity (Wildman–Crippen MR) is 94.8 cm³/mol. The normalized spacial score (nSPS) is 28.0. The number of nitrogens with one attached hydrogen (secondary N) is 1. The average molecular weight is 297 g/mol. The van der Waals surface area contributed by atoms with E-state index in [9.17, 15) is 0 Å². The number of unbranched alkanes of at least 4 members (excludes halogenated alkanes) is 1. The average Bonchev–Trinajstić information content (AvgIpc) is 2.49. The van der Waals surface area contributed by atoms with Crippen LogP contribution in [0.5, 0.6) is 0 Å². The van der Waals surface area contributed by atoms with Crippen molar-refractivity contribution < 1.29 is 0 Å². The highest BCUT2D eigenvalue weighted by Crippen LogP contribution is 2.30. The number of rotatable bonds is 10. The SMILES string of the molecule is CCCCN(CC1CC(C)CCC1NCCC)C(C)CC. The molecule has 4 unspecified atom stereocenters. The lowest BCUT2D eigenvalue weighted by Gasteiger charge is -2.40. The van der Waals surface area contributed by atoms with Crippen LogP contribution in [0.1, 0.15) is 79.6 Å². The maximum absolute atomic E-state index is 3.83. The summed E-state index contributed by atoms with van der Waals surface area (Å²) in [5.41, 5.74) is 0. The van der Waals surface area contributed by atoms with Crippen molar-refractivity contribution in [2.75, 3.05) is 19.6 Å². The van der Waals surface area contributed by atoms with Gasteiger partial charge in [-0.3, -0.25) is 0 Å². The first-order valence-corrected chi connectivity index (χ1v) is 9.59. The molecule has 2 nitrogen and oxygen atoms in total. The highest BCUT2D eigenvalue weighted by molar-refractivity contribution is 4.86. The molecular formula is C19H40N2. The maximum atomic E-state index is 3.83. The predicted octanol–water partition coefficient (Wildman–Crippen LogP) is 4.69. The Morgan fingerprint density at radius 2 is 1.90 bits per heavy atom. The molecule has 0 saturated heterocycles. The first-order chi connectivity index (χ1) is 10.1. The molecule has 0 aliphatic heterocycles. The summed E-state index contributed by atoms with van der Waals surface area (Å²) in [5.74, 6) is 1.77. The molecule has 0 spiro atoms. The Morgan fingerprint density at radius 3 is 2.52 bits per heavy atom. The summed E-state index contributed by atoms with van der Waals surface area (Å²) in [5, 5.41) is 3.83. The van der Waals surface area contributed by atoms with E-state index in [-0.39, 0.29) is 0 Å². The Kier molecular flexibility index (Phi) is 9.59. The Balaban J connectivity index is 2.61. The molecule has 126 valence electrons. The van der Waals surface area contributed by atoms with Crippen molar-refractivity contribution in [1.29, 1.82) is 0 Å². The third kappa shape index (κ3) is 6.69. The Labute approximate surface area is 134 Å². The van der Waals surface area contributed by atoms with Gasteiger partial charge in [0.25, 0.3) is 0 Å². The second kappa shape index (κ2) is 10.6. The van der Waals surface area contributed by atoms with E-state index in [1.807, 2.05) is 0 Å². The zero-order valence-corrected chi connectivity index (χ0v) is 15.3. The van der Waals surface area contributed by atoms with Crippen molar-refractivity contribution >= 4 is 0 Å². The molecule has 0 aromatic rings. The topological polar surface area (TPSA) is 15.3 Å². The van der Waals surface area contributed by atoms with Gasteiger partial charge in [-0.25, -0.2) is 0 Å². The molecule has 0 amide bonds. The standard InChI is InChI=1S/C19H40N2/c1-6-9-13-21(17(5)8-3)15-18-14-16(4)10-11-19(18)20-12-7-2/h16-20H,6-15H2,1-5H3. The third-order valence-electron chi connectivity index (χ3n) is 5.38. The van der Waals surface area contributed by atoms with Crippen LogP contribution in [0.2, 0.25) is 0 Å².